The van der Waals surface area contributed by atoms with Crippen LogP contribution in [0.15, 0.2) is 36.4 Å². The molecule has 0 unspecified atom stereocenters. The van der Waals surface area contributed by atoms with Crippen LogP contribution >= 0.6 is 0 Å². The van der Waals surface area contributed by atoms with Crippen LogP contribution in [0.1, 0.15) is 15.9 Å². The Kier molecular flexibility index (Phi) is 6.32. The molecule has 0 aromatic heterocycles. The first-order valence-electron chi connectivity index (χ1n) is 7.79. The highest BCUT2D eigenvalue weighted by molar-refractivity contribution is 5.97. The molecule has 0 heterocycles. The Morgan fingerprint density at radius 3 is 2.37 bits per heavy atom. The van der Waals surface area contributed by atoms with Gasteiger partial charge in [-0.1, -0.05) is 6.07 Å². The first-order valence-corrected chi connectivity index (χ1v) is 7.79. The Labute approximate surface area is 155 Å². The van der Waals surface area contributed by atoms with Gasteiger partial charge in [-0.25, -0.2) is 4.79 Å². The normalized spacial score (nSPS) is 10.0. The number of nitrogens with one attached hydrogen (secondary N) is 1. The number of methoxy groups -OCH3 is 2. The number of esters is 1. The minimum Gasteiger partial charge on any atom is -0.496 e. The van der Waals surface area contributed by atoms with Gasteiger partial charge in [-0.15, -0.1) is 0 Å². The maximum atomic E-state index is 12.2. The van der Waals surface area contributed by atoms with Gasteiger partial charge in [0, 0.05) is 12.1 Å². The van der Waals surface area contributed by atoms with E-state index in [4.69, 9.17) is 14.2 Å². The molecule has 2 aromatic rings. The summed E-state index contributed by atoms with van der Waals surface area (Å²) >= 11 is 0. The van der Waals surface area contributed by atoms with E-state index in [-0.39, 0.29) is 17.0 Å². The fourth-order valence-corrected chi connectivity index (χ4v) is 2.28. The van der Waals surface area contributed by atoms with Crippen molar-refractivity contribution in [3.63, 3.8) is 0 Å². The summed E-state index contributed by atoms with van der Waals surface area (Å²) in [5.74, 6) is -0.939. The van der Waals surface area contributed by atoms with Gasteiger partial charge in [-0.05, 0) is 30.7 Å². The molecule has 27 heavy (non-hydrogen) atoms. The van der Waals surface area contributed by atoms with Crippen molar-refractivity contribution in [1.82, 2.24) is 0 Å². The molecule has 2 rings (SSSR count). The number of nitrogens with zero attached hydrogens (tertiary/aromatic N) is 1. The van der Waals surface area contributed by atoms with Crippen molar-refractivity contribution < 1.29 is 28.7 Å². The van der Waals surface area contributed by atoms with E-state index in [1.54, 1.807) is 12.1 Å². The lowest BCUT2D eigenvalue weighted by atomic mass is 10.2. The third kappa shape index (κ3) is 4.94. The zero-order valence-electron chi connectivity index (χ0n) is 15.0. The van der Waals surface area contributed by atoms with E-state index < -0.39 is 23.4 Å². The fraction of sp³-hybridized carbons (Fsp3) is 0.222. The van der Waals surface area contributed by atoms with E-state index in [2.05, 4.69) is 5.32 Å². The molecule has 0 aliphatic rings. The highest BCUT2D eigenvalue weighted by Crippen LogP contribution is 2.26. The molecule has 0 atom stereocenters. The summed E-state index contributed by atoms with van der Waals surface area (Å²) in [5.41, 5.74) is 0.903. The Bertz CT molecular complexity index is 880. The molecule has 0 fully saturated rings. The maximum absolute atomic E-state index is 12.2. The topological polar surface area (TPSA) is 117 Å². The summed E-state index contributed by atoms with van der Waals surface area (Å²) in [6, 6.07) is 8.75. The SMILES string of the molecule is COc1ccc(C)cc1NC(=O)COC(=O)c1cc([N+](=O)[O-])ccc1OC. The standard InChI is InChI=1S/C18H18N2O7/c1-11-4-6-16(26-3)14(8-11)19-17(21)10-27-18(22)13-9-12(20(23)24)5-7-15(13)25-2/h4-9H,10H2,1-3H3,(H,19,21). The second kappa shape index (κ2) is 8.65. The van der Waals surface area contributed by atoms with Gasteiger partial charge in [0.1, 0.15) is 17.1 Å². The third-order valence-electron chi connectivity index (χ3n) is 3.58. The highest BCUT2D eigenvalue weighted by Gasteiger charge is 2.20. The first kappa shape index (κ1) is 19.7. The zero-order valence-corrected chi connectivity index (χ0v) is 15.0. The van der Waals surface area contributed by atoms with Crippen molar-refractivity contribution in [2.45, 2.75) is 6.92 Å². The third-order valence-corrected chi connectivity index (χ3v) is 3.58. The molecule has 0 saturated carbocycles. The summed E-state index contributed by atoms with van der Waals surface area (Å²) in [7, 11) is 2.78. The molecular formula is C18H18N2O7. The average molecular weight is 374 g/mol. The van der Waals surface area contributed by atoms with E-state index in [1.807, 2.05) is 13.0 Å². The second-order valence-corrected chi connectivity index (χ2v) is 5.47. The van der Waals surface area contributed by atoms with E-state index in [0.29, 0.717) is 11.4 Å². The predicted molar refractivity (Wildman–Crippen MR) is 96.3 cm³/mol. The van der Waals surface area contributed by atoms with Crippen LogP contribution in [0.3, 0.4) is 0 Å². The van der Waals surface area contributed by atoms with Gasteiger partial charge in [0.05, 0.1) is 24.8 Å². The molecule has 1 N–H and O–H groups in total. The number of hydrogen-bond donors (Lipinski definition) is 1. The fourth-order valence-electron chi connectivity index (χ4n) is 2.28. The summed E-state index contributed by atoms with van der Waals surface area (Å²) < 4.78 is 15.1. The van der Waals surface area contributed by atoms with Crippen molar-refractivity contribution in [3.8, 4) is 11.5 Å². The van der Waals surface area contributed by atoms with Crippen LogP contribution in [0.5, 0.6) is 11.5 Å². The van der Waals surface area contributed by atoms with Crippen LogP contribution < -0.4 is 14.8 Å². The Balaban J connectivity index is 2.07. The van der Waals surface area contributed by atoms with Gasteiger partial charge >= 0.3 is 5.97 Å². The average Bonchev–Trinajstić information content (AvgIpc) is 2.65. The van der Waals surface area contributed by atoms with Gasteiger partial charge in [-0.2, -0.15) is 0 Å². The Morgan fingerprint density at radius 2 is 1.74 bits per heavy atom. The van der Waals surface area contributed by atoms with Gasteiger partial charge in [0.15, 0.2) is 6.61 Å². The van der Waals surface area contributed by atoms with E-state index in [1.165, 1.54) is 26.4 Å². The van der Waals surface area contributed by atoms with Crippen molar-refractivity contribution in [2.24, 2.45) is 0 Å². The lowest BCUT2D eigenvalue weighted by Gasteiger charge is -2.12. The lowest BCUT2D eigenvalue weighted by molar-refractivity contribution is -0.384. The number of carbonyl (C=O) groups excluding carboxylic acids is 2. The molecule has 9 heteroatoms. The molecule has 0 bridgehead atoms. The number of rotatable bonds is 7. The smallest absolute Gasteiger partial charge is 0.342 e. The van der Waals surface area contributed by atoms with E-state index in [9.17, 15) is 19.7 Å². The summed E-state index contributed by atoms with van der Waals surface area (Å²) in [6.45, 7) is 1.27. The Hall–Kier alpha value is -3.62. The molecule has 1 amide bonds. The molecule has 0 spiro atoms. The second-order valence-electron chi connectivity index (χ2n) is 5.47. The van der Waals surface area contributed by atoms with Crippen LogP contribution in [-0.4, -0.2) is 37.6 Å². The largest absolute Gasteiger partial charge is 0.496 e. The molecule has 0 aliphatic heterocycles. The van der Waals surface area contributed by atoms with Crippen molar-refractivity contribution in [3.05, 3.63) is 57.6 Å². The maximum Gasteiger partial charge on any atom is 0.342 e. The zero-order chi connectivity index (χ0) is 20.0. The number of nitro benzene ring substituents is 1. The van der Waals surface area contributed by atoms with E-state index >= 15 is 0 Å². The van der Waals surface area contributed by atoms with Crippen molar-refractivity contribution >= 4 is 23.3 Å². The summed E-state index contributed by atoms with van der Waals surface area (Å²) in [6.07, 6.45) is 0. The number of hydrogen-bond acceptors (Lipinski definition) is 7. The minimum absolute atomic E-state index is 0.103. The molecule has 142 valence electrons. The highest BCUT2D eigenvalue weighted by atomic mass is 16.6. The Morgan fingerprint density at radius 1 is 1.07 bits per heavy atom. The van der Waals surface area contributed by atoms with Gasteiger partial charge in [0.25, 0.3) is 11.6 Å². The van der Waals surface area contributed by atoms with E-state index in [0.717, 1.165) is 11.6 Å². The van der Waals surface area contributed by atoms with Crippen LogP contribution in [0.4, 0.5) is 11.4 Å². The molecule has 0 aliphatic carbocycles. The number of benzene rings is 2. The number of amides is 1. The van der Waals surface area contributed by atoms with Crippen molar-refractivity contribution in [1.29, 1.82) is 0 Å². The first-order chi connectivity index (χ1) is 12.8. The van der Waals surface area contributed by atoms with Crippen molar-refractivity contribution in [2.75, 3.05) is 26.1 Å². The predicted octanol–water partition coefficient (Wildman–Crippen LogP) is 2.72. The number of nitro groups is 1. The number of non-ortho nitro benzene ring substituents is 1. The molecular weight excluding hydrogens is 356 g/mol. The molecule has 9 nitrogen and oxygen atoms in total. The molecule has 0 radical (unpaired) electrons. The minimum atomic E-state index is -0.915. The van der Waals surface area contributed by atoms with Crippen LogP contribution in [-0.2, 0) is 9.53 Å². The van der Waals surface area contributed by atoms with Gasteiger partial charge in [-0.3, -0.25) is 14.9 Å². The number of carbonyl (C=O) groups is 2. The quantitative estimate of drug-likeness (QED) is 0.450. The van der Waals surface area contributed by atoms with Crippen LogP contribution in [0.2, 0.25) is 0 Å². The molecule has 2 aromatic carbocycles. The van der Waals surface area contributed by atoms with Crippen LogP contribution in [0.25, 0.3) is 0 Å². The van der Waals surface area contributed by atoms with Gasteiger partial charge in [0.2, 0.25) is 0 Å². The number of ether oxygens (including phenoxy) is 3. The lowest BCUT2D eigenvalue weighted by Crippen LogP contribution is -2.21. The number of aryl methyl sites for hydroxylation is 1. The molecule has 0 saturated heterocycles. The number of anilines is 1. The summed E-state index contributed by atoms with van der Waals surface area (Å²) in [4.78, 5) is 34.5. The summed E-state index contributed by atoms with van der Waals surface area (Å²) in [5, 5.41) is 13.5. The van der Waals surface area contributed by atoms with Gasteiger partial charge < -0.3 is 19.5 Å². The van der Waals surface area contributed by atoms with Crippen LogP contribution in [0, 0.1) is 17.0 Å². The monoisotopic (exact) mass is 374 g/mol.